The van der Waals surface area contributed by atoms with Crippen molar-refractivity contribution < 1.29 is 8.78 Å². The van der Waals surface area contributed by atoms with Gasteiger partial charge in [-0.25, -0.2) is 8.78 Å². The first kappa shape index (κ1) is 6.74. The van der Waals surface area contributed by atoms with E-state index in [-0.39, 0.29) is 0 Å². The van der Waals surface area contributed by atoms with Crippen LogP contribution in [0.15, 0.2) is 4.99 Å². The Bertz CT molecular complexity index is 128. The zero-order valence-electron chi connectivity index (χ0n) is 4.39. The van der Waals surface area contributed by atoms with Gasteiger partial charge in [0.2, 0.25) is 0 Å². The monoisotopic (exact) mass is 154 g/mol. The summed E-state index contributed by atoms with van der Waals surface area (Å²) in [6.45, 7) is 0. The van der Waals surface area contributed by atoms with E-state index < -0.39 is 18.0 Å². The number of aliphatic imine (C=N–C) groups is 1. The number of hydrogen-bond donors (Lipinski definition) is 1. The van der Waals surface area contributed by atoms with Gasteiger partial charge in [0.1, 0.15) is 6.04 Å². The Morgan fingerprint density at radius 3 is 2.56 bits per heavy atom. The van der Waals surface area contributed by atoms with Crippen LogP contribution in [0.25, 0.3) is 0 Å². The average molecular weight is 155 g/mol. The summed E-state index contributed by atoms with van der Waals surface area (Å²) in [5.41, 5.74) is -0.815. The van der Waals surface area contributed by atoms with Crippen molar-refractivity contribution in [3.05, 3.63) is 0 Å². The normalized spacial score (nSPS) is 33.3. The van der Waals surface area contributed by atoms with E-state index in [1.54, 1.807) is 0 Å². The van der Waals surface area contributed by atoms with Gasteiger partial charge in [-0.1, -0.05) is 11.6 Å². The zero-order valence-corrected chi connectivity index (χ0v) is 5.15. The van der Waals surface area contributed by atoms with Crippen molar-refractivity contribution in [1.29, 1.82) is 0 Å². The summed E-state index contributed by atoms with van der Waals surface area (Å²) in [5.74, 6) is 0. The van der Waals surface area contributed by atoms with Crippen LogP contribution in [0.2, 0.25) is 0 Å². The molecule has 9 heavy (non-hydrogen) atoms. The van der Waals surface area contributed by atoms with E-state index in [0.717, 1.165) is 0 Å². The largest absolute Gasteiger partial charge is 0.365 e. The highest BCUT2D eigenvalue weighted by atomic mass is 35.5. The molecule has 1 aliphatic heterocycles. The van der Waals surface area contributed by atoms with Crippen LogP contribution in [0.5, 0.6) is 0 Å². The van der Waals surface area contributed by atoms with Gasteiger partial charge in [-0.2, -0.15) is 0 Å². The fourth-order valence-electron chi connectivity index (χ4n) is 0.565. The van der Waals surface area contributed by atoms with E-state index in [2.05, 4.69) is 10.3 Å². The lowest BCUT2D eigenvalue weighted by molar-refractivity contribution is 0.110. The number of nitrogens with zero attached hydrogens (tertiary/aromatic N) is 1. The topological polar surface area (TPSA) is 24.4 Å². The van der Waals surface area contributed by atoms with Gasteiger partial charge in [0.25, 0.3) is 6.43 Å². The third-order valence-electron chi connectivity index (χ3n) is 1.05. The van der Waals surface area contributed by atoms with E-state index in [0.29, 0.717) is 0 Å². The molecule has 1 heterocycles. The van der Waals surface area contributed by atoms with E-state index in [9.17, 15) is 8.78 Å². The minimum absolute atomic E-state index is 0.815. The molecule has 0 aromatic rings. The summed E-state index contributed by atoms with van der Waals surface area (Å²) in [6, 6.07) is -1.01. The van der Waals surface area contributed by atoms with Crippen molar-refractivity contribution in [1.82, 2.24) is 5.32 Å². The van der Waals surface area contributed by atoms with Crippen LogP contribution in [0, 0.1) is 0 Å². The van der Waals surface area contributed by atoms with E-state index in [4.69, 9.17) is 11.6 Å². The molecule has 0 saturated heterocycles. The third-order valence-corrected chi connectivity index (χ3v) is 1.44. The summed E-state index contributed by atoms with van der Waals surface area (Å²) in [7, 11) is 0. The lowest BCUT2D eigenvalue weighted by Gasteiger charge is -2.10. The van der Waals surface area contributed by atoms with Gasteiger partial charge < -0.3 is 5.32 Å². The lowest BCUT2D eigenvalue weighted by Crippen LogP contribution is -2.35. The molecule has 0 saturated carbocycles. The standard InChI is InChI=1S/C4H5ClF2N2/c5-3-2(4(6)7)8-1-9-3/h1-4H,(H,8,9). The molecule has 0 bridgehead atoms. The molecule has 0 fully saturated rings. The van der Waals surface area contributed by atoms with Crippen molar-refractivity contribution in [2.24, 2.45) is 4.99 Å². The zero-order chi connectivity index (χ0) is 6.85. The molecule has 1 N–H and O–H groups in total. The van der Waals surface area contributed by atoms with Gasteiger partial charge in [-0.3, -0.25) is 4.99 Å². The fourth-order valence-corrected chi connectivity index (χ4v) is 0.804. The molecular formula is C4H5ClF2N2. The van der Waals surface area contributed by atoms with Gasteiger partial charge >= 0.3 is 0 Å². The molecule has 0 spiro atoms. The molecule has 0 amide bonds. The number of nitrogens with one attached hydrogen (secondary N) is 1. The van der Waals surface area contributed by atoms with Crippen molar-refractivity contribution in [2.75, 3.05) is 0 Å². The van der Waals surface area contributed by atoms with Gasteiger partial charge in [0, 0.05) is 0 Å². The molecule has 0 aliphatic carbocycles. The second-order valence-electron chi connectivity index (χ2n) is 1.68. The summed E-state index contributed by atoms with van der Waals surface area (Å²) in [4.78, 5) is 3.49. The van der Waals surface area contributed by atoms with E-state index >= 15 is 0 Å². The van der Waals surface area contributed by atoms with Crippen LogP contribution < -0.4 is 5.32 Å². The van der Waals surface area contributed by atoms with Crippen molar-refractivity contribution >= 4 is 17.9 Å². The summed E-state index contributed by atoms with van der Waals surface area (Å²) in [6.07, 6.45) is -1.25. The number of alkyl halides is 3. The predicted octanol–water partition coefficient (Wildman–Crippen LogP) is 0.816. The quantitative estimate of drug-likeness (QED) is 0.439. The Hall–Kier alpha value is -0.380. The first-order chi connectivity index (χ1) is 4.22. The smallest absolute Gasteiger partial charge is 0.261 e. The highest BCUT2D eigenvalue weighted by molar-refractivity contribution is 6.21. The molecule has 52 valence electrons. The van der Waals surface area contributed by atoms with Crippen LogP contribution in [0.1, 0.15) is 0 Å². The molecule has 1 rings (SSSR count). The van der Waals surface area contributed by atoms with Crippen molar-refractivity contribution in [3.63, 3.8) is 0 Å². The minimum atomic E-state index is -2.45. The maximum Gasteiger partial charge on any atom is 0.261 e. The Morgan fingerprint density at radius 2 is 2.33 bits per heavy atom. The predicted molar refractivity (Wildman–Crippen MR) is 31.1 cm³/mol. The van der Waals surface area contributed by atoms with Crippen LogP contribution >= 0.6 is 11.6 Å². The minimum Gasteiger partial charge on any atom is -0.365 e. The molecule has 0 aromatic heterocycles. The second kappa shape index (κ2) is 2.47. The first-order valence-corrected chi connectivity index (χ1v) is 2.85. The number of hydrogen-bond acceptors (Lipinski definition) is 2. The Kier molecular flexibility index (Phi) is 1.85. The SMILES string of the molecule is FC(F)C1NC=NC1Cl. The molecular weight excluding hydrogens is 150 g/mol. The Labute approximate surface area is 55.9 Å². The Balaban J connectivity index is 2.45. The number of rotatable bonds is 1. The van der Waals surface area contributed by atoms with E-state index in [1.165, 1.54) is 6.34 Å². The summed E-state index contributed by atoms with van der Waals surface area (Å²) >= 11 is 5.33. The summed E-state index contributed by atoms with van der Waals surface area (Å²) < 4.78 is 23.5. The highest BCUT2D eigenvalue weighted by Crippen LogP contribution is 2.14. The third kappa shape index (κ3) is 1.30. The Morgan fingerprint density at radius 1 is 1.67 bits per heavy atom. The molecule has 2 unspecified atom stereocenters. The van der Waals surface area contributed by atoms with Crippen LogP contribution in [0.3, 0.4) is 0 Å². The first-order valence-electron chi connectivity index (χ1n) is 2.42. The fraction of sp³-hybridized carbons (Fsp3) is 0.750. The molecule has 1 aliphatic rings. The van der Waals surface area contributed by atoms with Crippen molar-refractivity contribution in [2.45, 2.75) is 18.0 Å². The molecule has 0 aromatic carbocycles. The second-order valence-corrected chi connectivity index (χ2v) is 2.12. The maximum absolute atomic E-state index is 11.8. The molecule has 5 heteroatoms. The molecule has 2 nitrogen and oxygen atoms in total. The van der Waals surface area contributed by atoms with Gasteiger partial charge in [-0.05, 0) is 0 Å². The van der Waals surface area contributed by atoms with Gasteiger partial charge in [0.05, 0.1) is 6.34 Å². The van der Waals surface area contributed by atoms with Gasteiger partial charge in [-0.15, -0.1) is 0 Å². The van der Waals surface area contributed by atoms with E-state index in [1.807, 2.05) is 0 Å². The van der Waals surface area contributed by atoms with Crippen LogP contribution in [0.4, 0.5) is 8.78 Å². The maximum atomic E-state index is 11.8. The van der Waals surface area contributed by atoms with Crippen LogP contribution in [-0.2, 0) is 0 Å². The summed E-state index contributed by atoms with van der Waals surface area (Å²) in [5, 5.41) is 2.33. The van der Waals surface area contributed by atoms with Crippen LogP contribution in [-0.4, -0.2) is 24.3 Å². The molecule has 2 atom stereocenters. The average Bonchev–Trinajstić information content (AvgIpc) is 2.13. The highest BCUT2D eigenvalue weighted by Gasteiger charge is 2.29. The van der Waals surface area contributed by atoms with Gasteiger partial charge in [0.15, 0.2) is 5.50 Å². The van der Waals surface area contributed by atoms with Crippen molar-refractivity contribution in [3.8, 4) is 0 Å². The molecule has 0 radical (unpaired) electrons. The number of halogens is 3. The lowest BCUT2D eigenvalue weighted by atomic mass is 10.3.